The number of nitrogens with zero attached hydrogens (tertiary/aromatic N) is 1. The molecule has 1 atom stereocenters. The molecular weight excluding hydrogens is 330 g/mol. The monoisotopic (exact) mass is 343 g/mol. The van der Waals surface area contributed by atoms with Crippen molar-refractivity contribution < 1.29 is 19.4 Å². The lowest BCUT2D eigenvalue weighted by Crippen LogP contribution is -2.39. The Morgan fingerprint density at radius 2 is 1.92 bits per heavy atom. The van der Waals surface area contributed by atoms with E-state index in [0.717, 1.165) is 17.7 Å². The molecule has 3 rings (SSSR count). The van der Waals surface area contributed by atoms with E-state index in [1.54, 1.807) is 18.2 Å². The lowest BCUT2D eigenvalue weighted by Gasteiger charge is -2.34. The van der Waals surface area contributed by atoms with Crippen molar-refractivity contribution in [2.45, 2.75) is 6.10 Å². The van der Waals surface area contributed by atoms with Gasteiger partial charge in [-0.3, -0.25) is 4.79 Å². The summed E-state index contributed by atoms with van der Waals surface area (Å²) in [5.41, 5.74) is 1.45. The standard InChI is InChI=1S/C18H14ClNO4/c19-13-6-7-15-14(10-13)20(17(21)8-9-18(22)23)11-16(24-15)12-4-2-1-3-5-12/h1-10,16H,11H2,(H,22,23). The molecule has 2 aromatic carbocycles. The predicted molar refractivity (Wildman–Crippen MR) is 90.4 cm³/mol. The van der Waals surface area contributed by atoms with Crippen molar-refractivity contribution in [3.05, 3.63) is 71.3 Å². The van der Waals surface area contributed by atoms with Crippen LogP contribution in [-0.2, 0) is 9.59 Å². The van der Waals surface area contributed by atoms with Crippen LogP contribution in [0.5, 0.6) is 5.75 Å². The zero-order chi connectivity index (χ0) is 17.1. The van der Waals surface area contributed by atoms with Crippen molar-refractivity contribution >= 4 is 29.2 Å². The van der Waals surface area contributed by atoms with Gasteiger partial charge in [-0.1, -0.05) is 41.9 Å². The third kappa shape index (κ3) is 3.41. The van der Waals surface area contributed by atoms with Gasteiger partial charge in [-0.15, -0.1) is 0 Å². The molecule has 5 nitrogen and oxygen atoms in total. The first-order valence-corrected chi connectivity index (χ1v) is 7.66. The molecule has 6 heteroatoms. The van der Waals surface area contributed by atoms with Crippen LogP contribution in [0.3, 0.4) is 0 Å². The van der Waals surface area contributed by atoms with Gasteiger partial charge in [0, 0.05) is 17.2 Å². The maximum atomic E-state index is 12.4. The average Bonchev–Trinajstić information content (AvgIpc) is 2.59. The molecule has 1 amide bonds. The second kappa shape index (κ2) is 6.76. The number of carboxylic acids is 1. The van der Waals surface area contributed by atoms with Gasteiger partial charge in [0.2, 0.25) is 0 Å². The Hall–Kier alpha value is -2.79. The number of anilines is 1. The number of carboxylic acid groups (broad SMARTS) is 1. The first-order chi connectivity index (χ1) is 11.5. The molecular formula is C18H14ClNO4. The zero-order valence-electron chi connectivity index (χ0n) is 12.6. The number of halogens is 1. The van der Waals surface area contributed by atoms with Crippen LogP contribution < -0.4 is 9.64 Å². The summed E-state index contributed by atoms with van der Waals surface area (Å²) in [5.74, 6) is -1.09. The van der Waals surface area contributed by atoms with Crippen molar-refractivity contribution in [2.75, 3.05) is 11.4 Å². The number of hydrogen-bond donors (Lipinski definition) is 1. The number of carbonyl (C=O) groups is 2. The van der Waals surface area contributed by atoms with E-state index in [1.807, 2.05) is 30.3 Å². The minimum atomic E-state index is -1.18. The van der Waals surface area contributed by atoms with Crippen LogP contribution in [0.1, 0.15) is 11.7 Å². The lowest BCUT2D eigenvalue weighted by molar-refractivity contribution is -0.131. The van der Waals surface area contributed by atoms with Crippen LogP contribution >= 0.6 is 11.6 Å². The number of fused-ring (bicyclic) bond motifs is 1. The summed E-state index contributed by atoms with van der Waals surface area (Å²) in [4.78, 5) is 24.6. The van der Waals surface area contributed by atoms with Gasteiger partial charge in [0.1, 0.15) is 11.9 Å². The smallest absolute Gasteiger partial charge is 0.328 e. The summed E-state index contributed by atoms with van der Waals surface area (Å²) in [5, 5.41) is 9.19. The Labute approximate surface area is 143 Å². The van der Waals surface area contributed by atoms with Gasteiger partial charge in [-0.05, 0) is 23.8 Å². The summed E-state index contributed by atoms with van der Waals surface area (Å²) in [6, 6.07) is 14.5. The Morgan fingerprint density at radius 1 is 1.17 bits per heavy atom. The van der Waals surface area contributed by atoms with Gasteiger partial charge in [-0.25, -0.2) is 4.79 Å². The van der Waals surface area contributed by atoms with Gasteiger partial charge in [0.05, 0.1) is 12.2 Å². The number of benzene rings is 2. The van der Waals surface area contributed by atoms with Crippen molar-refractivity contribution in [3.8, 4) is 5.75 Å². The maximum Gasteiger partial charge on any atom is 0.328 e. The van der Waals surface area contributed by atoms with Crippen LogP contribution in [0.4, 0.5) is 5.69 Å². The molecule has 1 unspecified atom stereocenters. The van der Waals surface area contributed by atoms with Crippen LogP contribution in [0.2, 0.25) is 5.02 Å². The fraction of sp³-hybridized carbons (Fsp3) is 0.111. The number of ether oxygens (including phenoxy) is 1. The highest BCUT2D eigenvalue weighted by molar-refractivity contribution is 6.31. The average molecular weight is 344 g/mol. The maximum absolute atomic E-state index is 12.4. The van der Waals surface area contributed by atoms with Gasteiger partial charge < -0.3 is 14.7 Å². The summed E-state index contributed by atoms with van der Waals surface area (Å²) >= 11 is 6.02. The van der Waals surface area contributed by atoms with E-state index in [-0.39, 0.29) is 12.6 Å². The number of carbonyl (C=O) groups excluding carboxylic acids is 1. The van der Waals surface area contributed by atoms with Crippen molar-refractivity contribution in [2.24, 2.45) is 0 Å². The third-order valence-corrected chi connectivity index (χ3v) is 3.87. The molecule has 122 valence electrons. The second-order valence-corrected chi connectivity index (χ2v) is 5.69. The van der Waals surface area contributed by atoms with E-state index < -0.39 is 11.9 Å². The summed E-state index contributed by atoms with van der Waals surface area (Å²) in [6.07, 6.45) is 1.50. The highest BCUT2D eigenvalue weighted by Crippen LogP contribution is 2.39. The molecule has 0 spiro atoms. The van der Waals surface area contributed by atoms with Crippen LogP contribution in [0.15, 0.2) is 60.7 Å². The molecule has 0 aliphatic carbocycles. The predicted octanol–water partition coefficient (Wildman–Crippen LogP) is 3.45. The minimum Gasteiger partial charge on any atom is -0.482 e. The summed E-state index contributed by atoms with van der Waals surface area (Å²) < 4.78 is 5.99. The van der Waals surface area contributed by atoms with E-state index in [0.29, 0.717) is 16.5 Å². The molecule has 0 bridgehead atoms. The first-order valence-electron chi connectivity index (χ1n) is 7.28. The molecule has 24 heavy (non-hydrogen) atoms. The number of rotatable bonds is 3. The topological polar surface area (TPSA) is 66.8 Å². The fourth-order valence-corrected chi connectivity index (χ4v) is 2.70. The third-order valence-electron chi connectivity index (χ3n) is 3.64. The summed E-state index contributed by atoms with van der Waals surface area (Å²) in [6.45, 7) is 0.264. The molecule has 0 radical (unpaired) electrons. The van der Waals surface area contributed by atoms with E-state index in [4.69, 9.17) is 21.4 Å². The molecule has 1 aliphatic heterocycles. The summed E-state index contributed by atoms with van der Waals surface area (Å²) in [7, 11) is 0. The molecule has 0 saturated carbocycles. The molecule has 1 heterocycles. The lowest BCUT2D eigenvalue weighted by atomic mass is 10.1. The first kappa shape index (κ1) is 16.1. The Bertz CT molecular complexity index is 804. The van der Waals surface area contributed by atoms with Crippen molar-refractivity contribution in [3.63, 3.8) is 0 Å². The number of hydrogen-bond acceptors (Lipinski definition) is 3. The van der Waals surface area contributed by atoms with Gasteiger partial charge in [0.25, 0.3) is 5.91 Å². The molecule has 0 aromatic heterocycles. The minimum absolute atomic E-state index is 0.264. The molecule has 1 aliphatic rings. The van der Waals surface area contributed by atoms with Crippen LogP contribution in [0, 0.1) is 0 Å². The largest absolute Gasteiger partial charge is 0.482 e. The molecule has 2 aromatic rings. The molecule has 0 saturated heterocycles. The quantitative estimate of drug-likeness (QED) is 0.867. The van der Waals surface area contributed by atoms with Crippen molar-refractivity contribution in [1.82, 2.24) is 0 Å². The highest BCUT2D eigenvalue weighted by atomic mass is 35.5. The van der Waals surface area contributed by atoms with E-state index in [9.17, 15) is 9.59 Å². The van der Waals surface area contributed by atoms with Crippen LogP contribution in [0.25, 0.3) is 0 Å². The molecule has 0 fully saturated rings. The highest BCUT2D eigenvalue weighted by Gasteiger charge is 2.30. The Kier molecular flexibility index (Phi) is 4.53. The Morgan fingerprint density at radius 3 is 2.62 bits per heavy atom. The number of aliphatic carboxylic acids is 1. The number of amides is 1. The van der Waals surface area contributed by atoms with E-state index in [1.165, 1.54) is 4.90 Å². The van der Waals surface area contributed by atoms with Gasteiger partial charge in [-0.2, -0.15) is 0 Å². The Balaban J connectivity index is 1.98. The van der Waals surface area contributed by atoms with Gasteiger partial charge >= 0.3 is 5.97 Å². The second-order valence-electron chi connectivity index (χ2n) is 5.25. The van der Waals surface area contributed by atoms with Gasteiger partial charge in [0.15, 0.2) is 0 Å². The van der Waals surface area contributed by atoms with E-state index in [2.05, 4.69) is 0 Å². The fourth-order valence-electron chi connectivity index (χ4n) is 2.54. The SMILES string of the molecule is O=C(O)C=CC(=O)N1CC(c2ccccc2)Oc2ccc(Cl)cc21. The zero-order valence-corrected chi connectivity index (χ0v) is 13.3. The van der Waals surface area contributed by atoms with Crippen LogP contribution in [-0.4, -0.2) is 23.5 Å². The van der Waals surface area contributed by atoms with Crippen molar-refractivity contribution in [1.29, 1.82) is 0 Å². The normalized spacial score (nSPS) is 16.5. The molecule has 1 N–H and O–H groups in total. The van der Waals surface area contributed by atoms with E-state index >= 15 is 0 Å².